The molecule has 0 fully saturated rings. The number of benzene rings is 1. The SMILES string of the molecule is CCOC(=O)/C=C/[C@@H](NCc1ccc(OC)cc1OC)C(C)C. The van der Waals surface area contributed by atoms with E-state index in [1.165, 1.54) is 6.08 Å². The van der Waals surface area contributed by atoms with Crippen LogP contribution in [-0.2, 0) is 16.1 Å². The Morgan fingerprint density at radius 2 is 2.00 bits per heavy atom. The van der Waals surface area contributed by atoms with Gasteiger partial charge in [0.25, 0.3) is 0 Å². The highest BCUT2D eigenvalue weighted by molar-refractivity contribution is 5.81. The van der Waals surface area contributed by atoms with E-state index in [4.69, 9.17) is 14.2 Å². The molecule has 0 radical (unpaired) electrons. The summed E-state index contributed by atoms with van der Waals surface area (Å²) in [4.78, 5) is 11.4. The molecule has 1 atom stereocenters. The first kappa shape index (κ1) is 19.0. The zero-order valence-corrected chi connectivity index (χ0v) is 14.6. The van der Waals surface area contributed by atoms with Gasteiger partial charge >= 0.3 is 5.97 Å². The summed E-state index contributed by atoms with van der Waals surface area (Å²) in [5.41, 5.74) is 1.03. The van der Waals surface area contributed by atoms with Gasteiger partial charge in [0.15, 0.2) is 0 Å². The Morgan fingerprint density at radius 1 is 1.26 bits per heavy atom. The van der Waals surface area contributed by atoms with Crippen molar-refractivity contribution in [2.75, 3.05) is 20.8 Å². The molecule has 0 unspecified atom stereocenters. The maximum atomic E-state index is 11.4. The standard InChI is InChI=1S/C18H27NO4/c1-6-23-18(20)10-9-16(13(2)3)19-12-14-7-8-15(21-4)11-17(14)22-5/h7-11,13,16,19H,6,12H2,1-5H3/b10-9+/t16-/m1/s1. The normalized spacial score (nSPS) is 12.4. The van der Waals surface area contributed by atoms with E-state index >= 15 is 0 Å². The van der Waals surface area contributed by atoms with Crippen LogP contribution in [0.1, 0.15) is 26.3 Å². The van der Waals surface area contributed by atoms with Gasteiger partial charge in [0.2, 0.25) is 0 Å². The zero-order valence-electron chi connectivity index (χ0n) is 14.6. The molecule has 0 amide bonds. The molecule has 5 nitrogen and oxygen atoms in total. The first-order valence-electron chi connectivity index (χ1n) is 7.81. The zero-order chi connectivity index (χ0) is 17.2. The van der Waals surface area contributed by atoms with Gasteiger partial charge in [-0.3, -0.25) is 0 Å². The molecule has 0 aliphatic carbocycles. The van der Waals surface area contributed by atoms with Crippen LogP contribution in [0.5, 0.6) is 11.5 Å². The highest BCUT2D eigenvalue weighted by Gasteiger charge is 2.12. The van der Waals surface area contributed by atoms with Gasteiger partial charge in [0.1, 0.15) is 11.5 Å². The Morgan fingerprint density at radius 3 is 2.57 bits per heavy atom. The maximum absolute atomic E-state index is 11.4. The molecular weight excluding hydrogens is 294 g/mol. The van der Waals surface area contributed by atoms with E-state index in [-0.39, 0.29) is 12.0 Å². The lowest BCUT2D eigenvalue weighted by Crippen LogP contribution is -2.31. The second kappa shape index (κ2) is 9.90. The van der Waals surface area contributed by atoms with Gasteiger partial charge in [0, 0.05) is 30.3 Å². The number of methoxy groups -OCH3 is 2. The van der Waals surface area contributed by atoms with Crippen LogP contribution in [0.2, 0.25) is 0 Å². The van der Waals surface area contributed by atoms with E-state index in [1.807, 2.05) is 24.3 Å². The predicted octanol–water partition coefficient (Wildman–Crippen LogP) is 2.94. The van der Waals surface area contributed by atoms with Gasteiger partial charge in [-0.25, -0.2) is 4.79 Å². The molecule has 0 aliphatic heterocycles. The summed E-state index contributed by atoms with van der Waals surface area (Å²) in [5.74, 6) is 1.55. The average Bonchev–Trinajstić information content (AvgIpc) is 2.54. The number of rotatable bonds is 9. The smallest absolute Gasteiger partial charge is 0.330 e. The van der Waals surface area contributed by atoms with Crippen molar-refractivity contribution in [2.45, 2.75) is 33.4 Å². The second-order valence-corrected chi connectivity index (χ2v) is 5.44. The van der Waals surface area contributed by atoms with Crippen molar-refractivity contribution in [3.63, 3.8) is 0 Å². The molecule has 0 aromatic heterocycles. The lowest BCUT2D eigenvalue weighted by atomic mass is 10.0. The van der Waals surface area contributed by atoms with Gasteiger partial charge < -0.3 is 19.5 Å². The number of carbonyl (C=O) groups is 1. The van der Waals surface area contributed by atoms with Gasteiger partial charge in [0.05, 0.1) is 20.8 Å². The molecule has 128 valence electrons. The molecule has 1 aromatic rings. The second-order valence-electron chi connectivity index (χ2n) is 5.44. The van der Waals surface area contributed by atoms with Gasteiger partial charge in [-0.05, 0) is 18.9 Å². The van der Waals surface area contributed by atoms with Gasteiger partial charge in [-0.1, -0.05) is 26.0 Å². The Labute approximate surface area is 138 Å². The molecule has 0 saturated heterocycles. The van der Waals surface area contributed by atoms with Crippen LogP contribution in [0.4, 0.5) is 0 Å². The number of hydrogen-bond acceptors (Lipinski definition) is 5. The van der Waals surface area contributed by atoms with Crippen LogP contribution in [0.3, 0.4) is 0 Å². The maximum Gasteiger partial charge on any atom is 0.330 e. The van der Waals surface area contributed by atoms with Crippen molar-refractivity contribution in [2.24, 2.45) is 5.92 Å². The molecule has 0 spiro atoms. The van der Waals surface area contributed by atoms with Crippen molar-refractivity contribution < 1.29 is 19.0 Å². The summed E-state index contributed by atoms with van der Waals surface area (Å²) >= 11 is 0. The Hall–Kier alpha value is -2.01. The molecule has 1 rings (SSSR count). The van der Waals surface area contributed by atoms with E-state index in [9.17, 15) is 4.79 Å². The molecule has 1 N–H and O–H groups in total. The van der Waals surface area contributed by atoms with Crippen LogP contribution in [0, 0.1) is 5.92 Å². The van der Waals surface area contributed by atoms with Crippen molar-refractivity contribution in [1.29, 1.82) is 0 Å². The fourth-order valence-corrected chi connectivity index (χ4v) is 2.12. The van der Waals surface area contributed by atoms with E-state index < -0.39 is 0 Å². The monoisotopic (exact) mass is 321 g/mol. The molecule has 23 heavy (non-hydrogen) atoms. The third kappa shape index (κ3) is 6.32. The number of ether oxygens (including phenoxy) is 3. The molecule has 0 heterocycles. The van der Waals surface area contributed by atoms with Gasteiger partial charge in [-0.15, -0.1) is 0 Å². The van der Waals surface area contributed by atoms with Crippen molar-refractivity contribution in [3.8, 4) is 11.5 Å². The minimum absolute atomic E-state index is 0.0613. The van der Waals surface area contributed by atoms with Crippen LogP contribution in [0.25, 0.3) is 0 Å². The van der Waals surface area contributed by atoms with Crippen molar-refractivity contribution in [1.82, 2.24) is 5.32 Å². The third-order valence-electron chi connectivity index (χ3n) is 3.47. The molecule has 1 aromatic carbocycles. The Kier molecular flexibility index (Phi) is 8.19. The molecule has 0 bridgehead atoms. The highest BCUT2D eigenvalue weighted by atomic mass is 16.5. The molecule has 0 aliphatic rings. The largest absolute Gasteiger partial charge is 0.497 e. The summed E-state index contributed by atoms with van der Waals surface area (Å²) in [6.07, 6.45) is 3.32. The topological polar surface area (TPSA) is 56.8 Å². The predicted molar refractivity (Wildman–Crippen MR) is 90.8 cm³/mol. The minimum Gasteiger partial charge on any atom is -0.497 e. The molecule has 0 saturated carbocycles. The lowest BCUT2D eigenvalue weighted by molar-refractivity contribution is -0.137. The summed E-state index contributed by atoms with van der Waals surface area (Å²) in [5, 5.41) is 3.43. The third-order valence-corrected chi connectivity index (χ3v) is 3.47. The minimum atomic E-state index is -0.318. The van der Waals surface area contributed by atoms with Crippen LogP contribution >= 0.6 is 0 Å². The number of carbonyl (C=O) groups excluding carboxylic acids is 1. The first-order valence-corrected chi connectivity index (χ1v) is 7.81. The molecular formula is C18H27NO4. The number of hydrogen-bond donors (Lipinski definition) is 1. The molecule has 5 heteroatoms. The van der Waals surface area contributed by atoms with Gasteiger partial charge in [-0.2, -0.15) is 0 Å². The van der Waals surface area contributed by atoms with Crippen LogP contribution in [-0.4, -0.2) is 32.8 Å². The van der Waals surface area contributed by atoms with E-state index in [0.717, 1.165) is 17.1 Å². The number of nitrogens with one attached hydrogen (secondary N) is 1. The Bertz CT molecular complexity index is 526. The Balaban J connectivity index is 2.74. The average molecular weight is 321 g/mol. The summed E-state index contributed by atoms with van der Waals surface area (Å²) in [6.45, 7) is 6.99. The fraction of sp³-hybridized carbons (Fsp3) is 0.500. The highest BCUT2D eigenvalue weighted by Crippen LogP contribution is 2.24. The summed E-state index contributed by atoms with van der Waals surface area (Å²) in [7, 11) is 3.26. The van der Waals surface area contributed by atoms with Crippen LogP contribution < -0.4 is 14.8 Å². The van der Waals surface area contributed by atoms with E-state index in [0.29, 0.717) is 19.1 Å². The van der Waals surface area contributed by atoms with Crippen molar-refractivity contribution >= 4 is 5.97 Å². The summed E-state index contributed by atoms with van der Waals surface area (Å²) < 4.78 is 15.5. The fourth-order valence-electron chi connectivity index (χ4n) is 2.12. The summed E-state index contributed by atoms with van der Waals surface area (Å²) in [6, 6.07) is 5.79. The van der Waals surface area contributed by atoms with E-state index in [2.05, 4.69) is 19.2 Å². The number of esters is 1. The first-order chi connectivity index (χ1) is 11.0. The van der Waals surface area contributed by atoms with Crippen molar-refractivity contribution in [3.05, 3.63) is 35.9 Å². The van der Waals surface area contributed by atoms with Crippen LogP contribution in [0.15, 0.2) is 30.4 Å². The quantitative estimate of drug-likeness (QED) is 0.560. The van der Waals surface area contributed by atoms with E-state index in [1.54, 1.807) is 21.1 Å². The lowest BCUT2D eigenvalue weighted by Gasteiger charge is -2.20.